The fraction of sp³-hybridized carbons (Fsp3) is 0.176. The van der Waals surface area contributed by atoms with Crippen molar-refractivity contribution in [3.63, 3.8) is 0 Å². The SMILES string of the molecule is N#Cc1ccc(NC(=O)[C@@H](O)COc2ccc(Cl)cc2)cc1C(F)(F)F. The fourth-order valence-corrected chi connectivity index (χ4v) is 2.09. The highest BCUT2D eigenvalue weighted by Crippen LogP contribution is 2.33. The first-order valence-electron chi connectivity index (χ1n) is 7.19. The average molecular weight is 385 g/mol. The van der Waals surface area contributed by atoms with Crippen molar-refractivity contribution in [2.24, 2.45) is 0 Å². The summed E-state index contributed by atoms with van der Waals surface area (Å²) in [5.41, 5.74) is -1.95. The number of carbonyl (C=O) groups is 1. The quantitative estimate of drug-likeness (QED) is 0.825. The minimum absolute atomic E-state index is 0.202. The van der Waals surface area contributed by atoms with Crippen LogP contribution in [0.25, 0.3) is 0 Å². The summed E-state index contributed by atoms with van der Waals surface area (Å²) in [6.45, 7) is -0.407. The van der Waals surface area contributed by atoms with Gasteiger partial charge in [-0.3, -0.25) is 4.79 Å². The molecule has 9 heteroatoms. The Morgan fingerprint density at radius 3 is 2.50 bits per heavy atom. The largest absolute Gasteiger partial charge is 0.490 e. The maximum atomic E-state index is 12.9. The molecule has 0 saturated carbocycles. The number of halogens is 4. The molecule has 0 aliphatic heterocycles. The number of benzene rings is 2. The van der Waals surface area contributed by atoms with Gasteiger partial charge in [-0.2, -0.15) is 18.4 Å². The summed E-state index contributed by atoms with van der Waals surface area (Å²) >= 11 is 5.71. The molecular formula is C17H12ClF3N2O3. The zero-order chi connectivity index (χ0) is 19.3. The van der Waals surface area contributed by atoms with Crippen LogP contribution in [0.1, 0.15) is 11.1 Å². The highest BCUT2D eigenvalue weighted by Gasteiger charge is 2.34. The zero-order valence-electron chi connectivity index (χ0n) is 13.0. The summed E-state index contributed by atoms with van der Waals surface area (Å²) in [5, 5.41) is 21.2. The Morgan fingerprint density at radius 1 is 1.27 bits per heavy atom. The third-order valence-electron chi connectivity index (χ3n) is 3.24. The molecule has 1 atom stereocenters. The zero-order valence-corrected chi connectivity index (χ0v) is 13.8. The van der Waals surface area contributed by atoms with Gasteiger partial charge in [0.2, 0.25) is 0 Å². The fourth-order valence-electron chi connectivity index (χ4n) is 1.96. The van der Waals surface area contributed by atoms with Crippen LogP contribution < -0.4 is 10.1 Å². The Labute approximate surface area is 151 Å². The smallest absolute Gasteiger partial charge is 0.417 e. The van der Waals surface area contributed by atoms with Crippen LogP contribution >= 0.6 is 11.6 Å². The van der Waals surface area contributed by atoms with Gasteiger partial charge in [0.25, 0.3) is 5.91 Å². The summed E-state index contributed by atoms with van der Waals surface area (Å²) in [6, 6.07) is 10.3. The summed E-state index contributed by atoms with van der Waals surface area (Å²) in [5.74, 6) is -0.587. The number of alkyl halides is 3. The van der Waals surface area contributed by atoms with Crippen LogP contribution in [0.15, 0.2) is 42.5 Å². The maximum absolute atomic E-state index is 12.9. The van der Waals surface area contributed by atoms with Crippen molar-refractivity contribution in [3.8, 4) is 11.8 Å². The van der Waals surface area contributed by atoms with E-state index in [4.69, 9.17) is 21.6 Å². The summed E-state index contributed by atoms with van der Waals surface area (Å²) in [7, 11) is 0. The van der Waals surface area contributed by atoms with Gasteiger partial charge < -0.3 is 15.2 Å². The van der Waals surface area contributed by atoms with Crippen LogP contribution in [-0.2, 0) is 11.0 Å². The summed E-state index contributed by atoms with van der Waals surface area (Å²) in [4.78, 5) is 11.9. The molecule has 0 fully saturated rings. The molecule has 2 rings (SSSR count). The van der Waals surface area contributed by atoms with E-state index >= 15 is 0 Å². The molecule has 2 N–H and O–H groups in total. The van der Waals surface area contributed by atoms with Crippen LogP contribution in [0.5, 0.6) is 5.75 Å². The molecule has 5 nitrogen and oxygen atoms in total. The van der Waals surface area contributed by atoms with E-state index in [-0.39, 0.29) is 5.69 Å². The molecule has 0 saturated heterocycles. The lowest BCUT2D eigenvalue weighted by Gasteiger charge is -2.14. The number of hydrogen-bond donors (Lipinski definition) is 2. The first-order chi connectivity index (χ1) is 12.2. The number of ether oxygens (including phenoxy) is 1. The molecule has 0 radical (unpaired) electrons. The summed E-state index contributed by atoms with van der Waals surface area (Å²) in [6.07, 6.45) is -6.36. The first kappa shape index (κ1) is 19.6. The maximum Gasteiger partial charge on any atom is 0.417 e. The number of aliphatic hydroxyl groups excluding tert-OH is 1. The predicted molar refractivity (Wildman–Crippen MR) is 87.7 cm³/mol. The van der Waals surface area contributed by atoms with E-state index in [2.05, 4.69) is 5.32 Å². The highest BCUT2D eigenvalue weighted by atomic mass is 35.5. The molecule has 0 spiro atoms. The van der Waals surface area contributed by atoms with Crippen molar-refractivity contribution >= 4 is 23.2 Å². The summed E-state index contributed by atoms with van der Waals surface area (Å²) < 4.78 is 43.9. The van der Waals surface area contributed by atoms with Crippen molar-refractivity contribution in [3.05, 3.63) is 58.6 Å². The minimum Gasteiger partial charge on any atom is -0.490 e. The van der Waals surface area contributed by atoms with Gasteiger partial charge >= 0.3 is 6.18 Å². The number of nitrogens with zero attached hydrogens (tertiary/aromatic N) is 1. The van der Waals surface area contributed by atoms with Gasteiger partial charge in [-0.25, -0.2) is 0 Å². The number of nitrogens with one attached hydrogen (secondary N) is 1. The average Bonchev–Trinajstić information content (AvgIpc) is 2.60. The lowest BCUT2D eigenvalue weighted by molar-refractivity contribution is -0.137. The van der Waals surface area contributed by atoms with Gasteiger partial charge in [-0.1, -0.05) is 11.6 Å². The third kappa shape index (κ3) is 5.12. The number of amides is 1. The van der Waals surface area contributed by atoms with Crippen LogP contribution in [0.3, 0.4) is 0 Å². The second-order valence-corrected chi connectivity index (χ2v) is 5.58. The van der Waals surface area contributed by atoms with E-state index in [0.29, 0.717) is 16.8 Å². The number of nitriles is 1. The Kier molecular flexibility index (Phi) is 6.08. The Balaban J connectivity index is 2.02. The van der Waals surface area contributed by atoms with Crippen molar-refractivity contribution in [1.82, 2.24) is 0 Å². The Morgan fingerprint density at radius 2 is 1.92 bits per heavy atom. The molecule has 2 aromatic carbocycles. The monoisotopic (exact) mass is 384 g/mol. The molecule has 0 aliphatic rings. The molecule has 26 heavy (non-hydrogen) atoms. The molecule has 0 aliphatic carbocycles. The normalized spacial score (nSPS) is 12.2. The van der Waals surface area contributed by atoms with Gasteiger partial charge in [0.05, 0.1) is 17.2 Å². The predicted octanol–water partition coefficient (Wildman–Crippen LogP) is 3.61. The van der Waals surface area contributed by atoms with E-state index in [0.717, 1.165) is 12.1 Å². The standard InChI is InChI=1S/C17H12ClF3N2O3/c18-11-2-5-13(6-3-11)26-9-15(24)16(25)23-12-4-1-10(8-22)14(7-12)17(19,20)21/h1-7,15,24H,9H2,(H,23,25)/t15-/m0/s1. The van der Waals surface area contributed by atoms with E-state index in [1.165, 1.54) is 18.2 Å². The topological polar surface area (TPSA) is 82.4 Å². The van der Waals surface area contributed by atoms with Crippen molar-refractivity contribution in [2.45, 2.75) is 12.3 Å². The van der Waals surface area contributed by atoms with Crippen molar-refractivity contribution in [1.29, 1.82) is 5.26 Å². The molecule has 0 unspecified atom stereocenters. The lowest BCUT2D eigenvalue weighted by atomic mass is 10.1. The number of carbonyl (C=O) groups excluding carboxylic acids is 1. The van der Waals surface area contributed by atoms with Gasteiger partial charge in [-0.05, 0) is 42.5 Å². The van der Waals surface area contributed by atoms with Crippen LogP contribution in [0, 0.1) is 11.3 Å². The van der Waals surface area contributed by atoms with E-state index < -0.39 is 35.9 Å². The molecule has 2 aromatic rings. The molecule has 0 bridgehead atoms. The second-order valence-electron chi connectivity index (χ2n) is 5.14. The third-order valence-corrected chi connectivity index (χ3v) is 3.49. The number of aliphatic hydroxyl groups is 1. The number of anilines is 1. The number of hydrogen-bond acceptors (Lipinski definition) is 4. The van der Waals surface area contributed by atoms with E-state index in [9.17, 15) is 23.1 Å². The molecule has 136 valence electrons. The van der Waals surface area contributed by atoms with Gasteiger partial charge in [0, 0.05) is 10.7 Å². The van der Waals surface area contributed by atoms with Gasteiger partial charge in [-0.15, -0.1) is 0 Å². The number of rotatable bonds is 5. The molecule has 0 aromatic heterocycles. The lowest BCUT2D eigenvalue weighted by Crippen LogP contribution is -2.33. The Hall–Kier alpha value is -2.76. The molecular weight excluding hydrogens is 373 g/mol. The van der Waals surface area contributed by atoms with Crippen molar-refractivity contribution in [2.75, 3.05) is 11.9 Å². The highest BCUT2D eigenvalue weighted by molar-refractivity contribution is 6.30. The van der Waals surface area contributed by atoms with Crippen molar-refractivity contribution < 1.29 is 27.8 Å². The van der Waals surface area contributed by atoms with Crippen LogP contribution in [0.4, 0.5) is 18.9 Å². The van der Waals surface area contributed by atoms with E-state index in [1.54, 1.807) is 12.1 Å². The Bertz CT molecular complexity index is 833. The van der Waals surface area contributed by atoms with Gasteiger partial charge in [0.15, 0.2) is 6.10 Å². The van der Waals surface area contributed by atoms with Gasteiger partial charge in [0.1, 0.15) is 12.4 Å². The van der Waals surface area contributed by atoms with E-state index in [1.807, 2.05) is 0 Å². The minimum atomic E-state index is -4.75. The van der Waals surface area contributed by atoms with Crippen LogP contribution in [-0.4, -0.2) is 23.7 Å². The second kappa shape index (κ2) is 8.08. The molecule has 1 amide bonds. The molecule has 0 heterocycles. The van der Waals surface area contributed by atoms with Crippen LogP contribution in [0.2, 0.25) is 5.02 Å². The first-order valence-corrected chi connectivity index (χ1v) is 7.57.